The van der Waals surface area contributed by atoms with Crippen LogP contribution in [0, 0.1) is 11.8 Å². The van der Waals surface area contributed by atoms with Gasteiger partial charge in [-0.3, -0.25) is 19.2 Å². The average molecular weight is 429 g/mol. The van der Waals surface area contributed by atoms with Crippen LogP contribution in [-0.2, 0) is 38.1 Å². The first kappa shape index (κ1) is 20.7. The summed E-state index contributed by atoms with van der Waals surface area (Å²) in [6, 6.07) is 6.06. The first-order valence-electron chi connectivity index (χ1n) is 9.48. The highest BCUT2D eigenvalue weighted by atomic mass is 16.7. The van der Waals surface area contributed by atoms with E-state index in [1.807, 2.05) is 0 Å². The number of hydrogen-bond donors (Lipinski definition) is 0. The molecule has 0 aliphatic carbocycles. The van der Waals surface area contributed by atoms with E-state index in [2.05, 4.69) is 0 Å². The van der Waals surface area contributed by atoms with Crippen LogP contribution in [-0.4, -0.2) is 54.8 Å². The van der Waals surface area contributed by atoms with Gasteiger partial charge in [0.1, 0.15) is 0 Å². The van der Waals surface area contributed by atoms with E-state index in [9.17, 15) is 24.0 Å². The summed E-state index contributed by atoms with van der Waals surface area (Å²) >= 11 is 0. The Bertz CT molecular complexity index is 1020. The molecule has 3 heterocycles. The number of carbonyl (C=O) groups excluding carboxylic acids is 5. The lowest BCUT2D eigenvalue weighted by Gasteiger charge is -2.34. The molecule has 162 valence electrons. The smallest absolute Gasteiger partial charge is 0.339 e. The van der Waals surface area contributed by atoms with Crippen LogP contribution in [0.15, 0.2) is 36.4 Å². The Hall–Kier alpha value is -3.53. The van der Waals surface area contributed by atoms with Crippen molar-refractivity contribution in [3.63, 3.8) is 0 Å². The largest absolute Gasteiger partial charge is 0.465 e. The van der Waals surface area contributed by atoms with E-state index in [4.69, 9.17) is 18.9 Å². The molecule has 0 spiro atoms. The number of ether oxygens (including phenoxy) is 4. The van der Waals surface area contributed by atoms with Gasteiger partial charge in [0, 0.05) is 13.8 Å². The number of methoxy groups -OCH3 is 1. The van der Waals surface area contributed by atoms with Gasteiger partial charge in [-0.2, -0.15) is 0 Å². The van der Waals surface area contributed by atoms with Crippen molar-refractivity contribution in [1.82, 2.24) is 0 Å². The second kappa shape index (κ2) is 7.31. The molecule has 3 aliphatic heterocycles. The van der Waals surface area contributed by atoms with Gasteiger partial charge in [0.05, 0.1) is 36.3 Å². The highest BCUT2D eigenvalue weighted by Crippen LogP contribution is 2.55. The molecule has 2 fully saturated rings. The van der Waals surface area contributed by atoms with Gasteiger partial charge in [-0.25, -0.2) is 9.69 Å². The van der Waals surface area contributed by atoms with E-state index in [-0.39, 0.29) is 11.3 Å². The Balaban J connectivity index is 1.77. The van der Waals surface area contributed by atoms with Crippen LogP contribution in [0.25, 0.3) is 0 Å². The zero-order chi connectivity index (χ0) is 22.5. The zero-order valence-electron chi connectivity index (χ0n) is 16.9. The standard InChI is InChI=1S/C21H19NO9/c1-10(23)29-20(30-11(2)24)21-9-8-14(31-21)15-16(21)18(26)22(17(15)25)13-7-5-4-6-12(13)19(27)28-3/h4-9,14-16,20H,1-3H3/t14-,15-,16-,21+/m0/s1. The molecule has 4 atom stereocenters. The van der Waals surface area contributed by atoms with Crippen LogP contribution in [0.2, 0.25) is 0 Å². The fraction of sp³-hybridized carbons (Fsp3) is 0.381. The van der Waals surface area contributed by atoms with E-state index in [0.29, 0.717) is 0 Å². The number of benzene rings is 1. The fourth-order valence-corrected chi connectivity index (χ4v) is 4.41. The van der Waals surface area contributed by atoms with Crippen LogP contribution < -0.4 is 4.90 Å². The highest BCUT2D eigenvalue weighted by Gasteiger charge is 2.72. The number of amides is 2. The van der Waals surface area contributed by atoms with Gasteiger partial charge in [-0.05, 0) is 18.2 Å². The summed E-state index contributed by atoms with van der Waals surface area (Å²) in [4.78, 5) is 63.1. The summed E-state index contributed by atoms with van der Waals surface area (Å²) in [5.74, 6) is -5.52. The maximum Gasteiger partial charge on any atom is 0.339 e. The van der Waals surface area contributed by atoms with E-state index in [1.54, 1.807) is 18.2 Å². The Labute approximate surface area is 176 Å². The van der Waals surface area contributed by atoms with Crippen molar-refractivity contribution in [2.24, 2.45) is 11.8 Å². The monoisotopic (exact) mass is 429 g/mol. The summed E-state index contributed by atoms with van der Waals surface area (Å²) in [7, 11) is 1.19. The average Bonchev–Trinajstić information content (AvgIpc) is 3.37. The molecule has 0 N–H and O–H groups in total. The van der Waals surface area contributed by atoms with Crippen molar-refractivity contribution >= 4 is 35.4 Å². The van der Waals surface area contributed by atoms with Gasteiger partial charge in [0.15, 0.2) is 5.60 Å². The molecular weight excluding hydrogens is 410 g/mol. The van der Waals surface area contributed by atoms with Crippen LogP contribution in [0.1, 0.15) is 24.2 Å². The minimum absolute atomic E-state index is 0.0402. The topological polar surface area (TPSA) is 126 Å². The van der Waals surface area contributed by atoms with Crippen LogP contribution >= 0.6 is 0 Å². The molecule has 2 amide bonds. The summed E-state index contributed by atoms with van der Waals surface area (Å²) in [5.41, 5.74) is -1.54. The molecule has 1 aromatic carbocycles. The van der Waals surface area contributed by atoms with Crippen molar-refractivity contribution in [1.29, 1.82) is 0 Å². The number of hydrogen-bond acceptors (Lipinski definition) is 9. The molecule has 0 aromatic heterocycles. The normalized spacial score (nSPS) is 28.1. The molecule has 0 saturated carbocycles. The molecule has 2 saturated heterocycles. The van der Waals surface area contributed by atoms with E-state index >= 15 is 0 Å². The highest BCUT2D eigenvalue weighted by molar-refractivity contribution is 6.25. The van der Waals surface area contributed by atoms with Crippen molar-refractivity contribution < 1.29 is 42.9 Å². The quantitative estimate of drug-likeness (QED) is 0.288. The lowest BCUT2D eigenvalue weighted by molar-refractivity contribution is -0.226. The van der Waals surface area contributed by atoms with E-state index in [0.717, 1.165) is 18.7 Å². The van der Waals surface area contributed by atoms with Crippen molar-refractivity contribution in [2.45, 2.75) is 31.8 Å². The summed E-state index contributed by atoms with van der Waals surface area (Å²) in [6.07, 6.45) is 0.704. The van der Waals surface area contributed by atoms with Gasteiger partial charge >= 0.3 is 17.9 Å². The van der Waals surface area contributed by atoms with E-state index in [1.165, 1.54) is 25.3 Å². The molecular formula is C21H19NO9. The van der Waals surface area contributed by atoms with Crippen LogP contribution in [0.4, 0.5) is 5.69 Å². The molecule has 1 aromatic rings. The number of esters is 3. The van der Waals surface area contributed by atoms with Crippen LogP contribution in [0.3, 0.4) is 0 Å². The summed E-state index contributed by atoms with van der Waals surface area (Å²) < 4.78 is 21.0. The third kappa shape index (κ3) is 3.02. The predicted octanol–water partition coefficient (Wildman–Crippen LogP) is 0.738. The van der Waals surface area contributed by atoms with Crippen LogP contribution in [0.5, 0.6) is 0 Å². The maximum atomic E-state index is 13.5. The summed E-state index contributed by atoms with van der Waals surface area (Å²) in [5, 5.41) is 0. The first-order chi connectivity index (χ1) is 14.7. The Morgan fingerprint density at radius 2 is 1.71 bits per heavy atom. The molecule has 31 heavy (non-hydrogen) atoms. The van der Waals surface area contributed by atoms with Crippen molar-refractivity contribution in [3.05, 3.63) is 42.0 Å². The molecule has 10 nitrogen and oxygen atoms in total. The lowest BCUT2D eigenvalue weighted by atomic mass is 9.76. The SMILES string of the molecule is COC(=O)c1ccccc1N1C(=O)[C@H]2[C@@H]3C=C[C@@](C(OC(C)=O)OC(C)=O)(O3)[C@@H]2C1=O. The number of para-hydroxylation sites is 1. The Kier molecular flexibility index (Phi) is 4.89. The van der Waals surface area contributed by atoms with Gasteiger partial charge < -0.3 is 18.9 Å². The van der Waals surface area contributed by atoms with Crippen molar-refractivity contribution in [2.75, 3.05) is 12.0 Å². The number of carbonyl (C=O) groups is 5. The minimum atomic E-state index is -1.66. The van der Waals surface area contributed by atoms with Gasteiger partial charge in [0.2, 0.25) is 11.8 Å². The maximum absolute atomic E-state index is 13.5. The summed E-state index contributed by atoms with van der Waals surface area (Å²) in [6.45, 7) is 2.24. The second-order valence-corrected chi connectivity index (χ2v) is 7.37. The fourth-order valence-electron chi connectivity index (χ4n) is 4.41. The second-order valence-electron chi connectivity index (χ2n) is 7.37. The van der Waals surface area contributed by atoms with Crippen molar-refractivity contribution in [3.8, 4) is 0 Å². The third-order valence-electron chi connectivity index (χ3n) is 5.54. The van der Waals surface area contributed by atoms with Gasteiger partial charge in [-0.15, -0.1) is 0 Å². The molecule has 10 heteroatoms. The number of nitrogens with zero attached hydrogens (tertiary/aromatic N) is 1. The third-order valence-corrected chi connectivity index (χ3v) is 5.54. The molecule has 0 radical (unpaired) electrons. The molecule has 0 unspecified atom stereocenters. The lowest BCUT2D eigenvalue weighted by Crippen LogP contribution is -2.52. The predicted molar refractivity (Wildman–Crippen MR) is 101 cm³/mol. The number of anilines is 1. The number of fused-ring (bicyclic) bond motifs is 5. The molecule has 3 aliphatic rings. The first-order valence-corrected chi connectivity index (χ1v) is 9.48. The van der Waals surface area contributed by atoms with Gasteiger partial charge in [0.25, 0.3) is 6.29 Å². The van der Waals surface area contributed by atoms with Gasteiger partial charge in [-0.1, -0.05) is 18.2 Å². The minimum Gasteiger partial charge on any atom is -0.465 e. The van der Waals surface area contributed by atoms with E-state index < -0.39 is 59.6 Å². The molecule has 2 bridgehead atoms. The number of rotatable bonds is 5. The number of imide groups is 1. The Morgan fingerprint density at radius 3 is 2.32 bits per heavy atom. The Morgan fingerprint density at radius 1 is 1.06 bits per heavy atom. The zero-order valence-corrected chi connectivity index (χ0v) is 16.9. The molecule has 4 rings (SSSR count).